The molecule has 0 amide bonds. The fourth-order valence-corrected chi connectivity index (χ4v) is 2.15. The van der Waals surface area contributed by atoms with Crippen LogP contribution < -0.4 is 10.1 Å². The topological polar surface area (TPSA) is 21.3 Å². The van der Waals surface area contributed by atoms with Gasteiger partial charge in [0.05, 0.1) is 0 Å². The fraction of sp³-hybridized carbons (Fsp3) is 0.294. The number of nitrogens with one attached hydrogen (secondary N) is 1. The number of rotatable bonds is 5. The van der Waals surface area contributed by atoms with E-state index < -0.39 is 0 Å². The van der Waals surface area contributed by atoms with Crippen molar-refractivity contribution >= 4 is 5.69 Å². The van der Waals surface area contributed by atoms with Crippen molar-refractivity contribution in [3.8, 4) is 5.75 Å². The van der Waals surface area contributed by atoms with E-state index in [0.717, 1.165) is 18.0 Å². The van der Waals surface area contributed by atoms with Gasteiger partial charge in [0, 0.05) is 12.2 Å². The lowest BCUT2D eigenvalue weighted by atomic mass is 10.1. The highest BCUT2D eigenvalue weighted by molar-refractivity contribution is 5.48. The van der Waals surface area contributed by atoms with Crippen LogP contribution in [0.2, 0.25) is 0 Å². The lowest BCUT2D eigenvalue weighted by Crippen LogP contribution is -2.12. The number of hydrogen-bond donors (Lipinski definition) is 1. The van der Waals surface area contributed by atoms with E-state index in [9.17, 15) is 0 Å². The Hall–Kier alpha value is -1.96. The first-order valence-corrected chi connectivity index (χ1v) is 6.66. The maximum absolute atomic E-state index is 5.76. The lowest BCUT2D eigenvalue weighted by molar-refractivity contribution is 0.330. The molecule has 0 atom stereocenters. The van der Waals surface area contributed by atoms with Crippen LogP contribution in [0, 0.1) is 20.8 Å². The summed E-state index contributed by atoms with van der Waals surface area (Å²) in [5.41, 5.74) is 4.89. The second kappa shape index (κ2) is 6.28. The third-order valence-corrected chi connectivity index (χ3v) is 3.00. The Labute approximate surface area is 115 Å². The molecule has 0 radical (unpaired) electrons. The van der Waals surface area contributed by atoms with Gasteiger partial charge in [0.15, 0.2) is 0 Å². The average Bonchev–Trinajstić information content (AvgIpc) is 2.35. The van der Waals surface area contributed by atoms with Gasteiger partial charge in [-0.05, 0) is 55.7 Å². The molecule has 100 valence electrons. The summed E-state index contributed by atoms with van der Waals surface area (Å²) in [6, 6.07) is 14.6. The minimum atomic E-state index is 0.665. The molecule has 0 aromatic heterocycles. The van der Waals surface area contributed by atoms with E-state index in [0.29, 0.717) is 6.61 Å². The van der Waals surface area contributed by atoms with Gasteiger partial charge in [-0.3, -0.25) is 0 Å². The van der Waals surface area contributed by atoms with Crippen LogP contribution in [0.3, 0.4) is 0 Å². The van der Waals surface area contributed by atoms with Crippen molar-refractivity contribution in [3.05, 3.63) is 59.2 Å². The monoisotopic (exact) mass is 255 g/mol. The van der Waals surface area contributed by atoms with E-state index in [2.05, 4.69) is 50.4 Å². The number of hydrogen-bond acceptors (Lipinski definition) is 2. The van der Waals surface area contributed by atoms with Crippen LogP contribution in [0.1, 0.15) is 16.7 Å². The summed E-state index contributed by atoms with van der Waals surface area (Å²) in [5.74, 6) is 0.963. The second-order valence-electron chi connectivity index (χ2n) is 4.92. The molecule has 0 heterocycles. The summed E-state index contributed by atoms with van der Waals surface area (Å²) in [6.45, 7) is 7.76. The second-order valence-corrected chi connectivity index (χ2v) is 4.92. The summed E-state index contributed by atoms with van der Waals surface area (Å²) in [4.78, 5) is 0. The van der Waals surface area contributed by atoms with Crippen LogP contribution in [0.15, 0.2) is 42.5 Å². The molecule has 0 aliphatic carbocycles. The van der Waals surface area contributed by atoms with Gasteiger partial charge in [0.2, 0.25) is 0 Å². The molecule has 2 rings (SSSR count). The highest BCUT2D eigenvalue weighted by Gasteiger charge is 1.98. The van der Waals surface area contributed by atoms with Gasteiger partial charge >= 0.3 is 0 Å². The summed E-state index contributed by atoms with van der Waals surface area (Å²) in [7, 11) is 0. The number of ether oxygens (including phenoxy) is 1. The highest BCUT2D eigenvalue weighted by atomic mass is 16.5. The van der Waals surface area contributed by atoms with Gasteiger partial charge in [0.25, 0.3) is 0 Å². The molecule has 1 N–H and O–H groups in total. The van der Waals surface area contributed by atoms with Crippen molar-refractivity contribution in [1.29, 1.82) is 0 Å². The molecule has 0 unspecified atom stereocenters. The van der Waals surface area contributed by atoms with Crippen LogP contribution in [-0.4, -0.2) is 13.2 Å². The van der Waals surface area contributed by atoms with Gasteiger partial charge in [-0.2, -0.15) is 0 Å². The normalized spacial score (nSPS) is 10.3. The largest absolute Gasteiger partial charge is 0.491 e. The Kier molecular flexibility index (Phi) is 4.45. The van der Waals surface area contributed by atoms with Crippen molar-refractivity contribution in [2.75, 3.05) is 18.5 Å². The van der Waals surface area contributed by atoms with E-state index in [1.165, 1.54) is 16.7 Å². The molecular formula is C17H21NO. The standard InChI is InChI=1S/C17H21NO/c1-13-10-14(2)12-16(11-13)18-8-9-19-17-7-5-4-6-15(17)3/h4-7,10-12,18H,8-9H2,1-3H3. The minimum absolute atomic E-state index is 0.665. The van der Waals surface area contributed by atoms with Gasteiger partial charge in [-0.1, -0.05) is 24.3 Å². The molecule has 0 aliphatic heterocycles. The van der Waals surface area contributed by atoms with Crippen LogP contribution in [0.4, 0.5) is 5.69 Å². The maximum Gasteiger partial charge on any atom is 0.122 e. The minimum Gasteiger partial charge on any atom is -0.491 e. The predicted molar refractivity (Wildman–Crippen MR) is 81.1 cm³/mol. The number of anilines is 1. The maximum atomic E-state index is 5.76. The summed E-state index contributed by atoms with van der Waals surface area (Å²) < 4.78 is 5.76. The zero-order valence-electron chi connectivity index (χ0n) is 11.9. The van der Waals surface area contributed by atoms with Crippen LogP contribution in [0.5, 0.6) is 5.75 Å². The Bertz CT molecular complexity index is 528. The van der Waals surface area contributed by atoms with Gasteiger partial charge in [-0.25, -0.2) is 0 Å². The van der Waals surface area contributed by atoms with Crippen LogP contribution in [-0.2, 0) is 0 Å². The van der Waals surface area contributed by atoms with Crippen LogP contribution >= 0.6 is 0 Å². The van der Waals surface area contributed by atoms with Crippen LogP contribution in [0.25, 0.3) is 0 Å². The smallest absolute Gasteiger partial charge is 0.122 e. The number of para-hydroxylation sites is 1. The molecule has 19 heavy (non-hydrogen) atoms. The first-order chi connectivity index (χ1) is 9.15. The summed E-state index contributed by atoms with van der Waals surface area (Å²) >= 11 is 0. The van der Waals surface area contributed by atoms with E-state index in [1.54, 1.807) is 0 Å². The molecule has 2 nitrogen and oxygen atoms in total. The van der Waals surface area contributed by atoms with Crippen molar-refractivity contribution in [1.82, 2.24) is 0 Å². The van der Waals surface area contributed by atoms with E-state index in [4.69, 9.17) is 4.74 Å². The zero-order chi connectivity index (χ0) is 13.7. The van der Waals surface area contributed by atoms with Crippen molar-refractivity contribution in [3.63, 3.8) is 0 Å². The molecule has 0 saturated heterocycles. The fourth-order valence-electron chi connectivity index (χ4n) is 2.15. The molecule has 2 aromatic rings. The number of aryl methyl sites for hydroxylation is 3. The number of benzene rings is 2. The summed E-state index contributed by atoms with van der Waals surface area (Å²) in [5, 5.41) is 3.39. The quantitative estimate of drug-likeness (QED) is 0.812. The molecule has 0 aliphatic rings. The van der Waals surface area contributed by atoms with E-state index in [1.807, 2.05) is 18.2 Å². The molecular weight excluding hydrogens is 234 g/mol. The third-order valence-electron chi connectivity index (χ3n) is 3.00. The van der Waals surface area contributed by atoms with Gasteiger partial charge in [-0.15, -0.1) is 0 Å². The zero-order valence-corrected chi connectivity index (χ0v) is 11.9. The Morgan fingerprint density at radius 1 is 0.947 bits per heavy atom. The first-order valence-electron chi connectivity index (χ1n) is 6.66. The van der Waals surface area contributed by atoms with Gasteiger partial charge < -0.3 is 10.1 Å². The van der Waals surface area contributed by atoms with E-state index in [-0.39, 0.29) is 0 Å². The lowest BCUT2D eigenvalue weighted by Gasteiger charge is -2.11. The van der Waals surface area contributed by atoms with Crippen molar-refractivity contribution < 1.29 is 4.74 Å². The molecule has 0 bridgehead atoms. The Balaban J connectivity index is 1.82. The highest BCUT2D eigenvalue weighted by Crippen LogP contribution is 2.16. The molecule has 2 heteroatoms. The molecule has 0 spiro atoms. The Morgan fingerprint density at radius 2 is 1.63 bits per heavy atom. The molecule has 0 saturated carbocycles. The molecule has 2 aromatic carbocycles. The summed E-state index contributed by atoms with van der Waals surface area (Å²) in [6.07, 6.45) is 0. The predicted octanol–water partition coefficient (Wildman–Crippen LogP) is 4.10. The van der Waals surface area contributed by atoms with E-state index >= 15 is 0 Å². The first kappa shape index (κ1) is 13.5. The van der Waals surface area contributed by atoms with Crippen molar-refractivity contribution in [2.45, 2.75) is 20.8 Å². The van der Waals surface area contributed by atoms with Gasteiger partial charge in [0.1, 0.15) is 12.4 Å². The van der Waals surface area contributed by atoms with Crippen molar-refractivity contribution in [2.24, 2.45) is 0 Å². The average molecular weight is 255 g/mol. The molecule has 0 fully saturated rings. The third kappa shape index (κ3) is 4.02. The SMILES string of the molecule is Cc1cc(C)cc(NCCOc2ccccc2C)c1. The Morgan fingerprint density at radius 3 is 2.32 bits per heavy atom.